The Kier molecular flexibility index (Phi) is 9.82. The first-order valence-electron chi connectivity index (χ1n) is 22.3. The van der Waals surface area contributed by atoms with Gasteiger partial charge in [-0.2, -0.15) is 5.26 Å². The summed E-state index contributed by atoms with van der Waals surface area (Å²) in [4.78, 5) is 0. The lowest BCUT2D eigenvalue weighted by Gasteiger charge is -2.20. The molecule has 8 heteroatoms. The van der Waals surface area contributed by atoms with Gasteiger partial charge in [0, 0.05) is 27.1 Å². The van der Waals surface area contributed by atoms with Gasteiger partial charge in [-0.3, -0.25) is 0 Å². The maximum atomic E-state index is 16.8. The van der Waals surface area contributed by atoms with Crippen molar-refractivity contribution in [1.82, 2.24) is 9.13 Å². The summed E-state index contributed by atoms with van der Waals surface area (Å²) >= 11 is 0. The molecule has 12 aromatic rings. The van der Waals surface area contributed by atoms with Crippen LogP contribution in [0.4, 0.5) is 22.0 Å². The van der Waals surface area contributed by atoms with Crippen LogP contribution in [0.25, 0.3) is 111 Å². The summed E-state index contributed by atoms with van der Waals surface area (Å²) in [6.07, 6.45) is 0. The molecule has 0 bridgehead atoms. The molecule has 69 heavy (non-hydrogen) atoms. The van der Waals surface area contributed by atoms with Gasteiger partial charge in [-0.05, 0) is 80.9 Å². The molecule has 0 unspecified atom stereocenters. The fourth-order valence-corrected chi connectivity index (χ4v) is 9.87. The van der Waals surface area contributed by atoms with Gasteiger partial charge in [0.15, 0.2) is 23.3 Å². The molecule has 0 aliphatic carbocycles. The van der Waals surface area contributed by atoms with E-state index >= 15 is 17.6 Å². The maximum absolute atomic E-state index is 16.8. The van der Waals surface area contributed by atoms with Gasteiger partial charge in [0.2, 0.25) is 5.82 Å². The van der Waals surface area contributed by atoms with E-state index in [0.717, 1.165) is 66.1 Å². The van der Waals surface area contributed by atoms with Gasteiger partial charge in [-0.25, -0.2) is 22.0 Å². The van der Waals surface area contributed by atoms with E-state index in [4.69, 9.17) is 0 Å². The van der Waals surface area contributed by atoms with Crippen LogP contribution in [0, 0.1) is 40.4 Å². The van der Waals surface area contributed by atoms with Crippen LogP contribution >= 0.6 is 0 Å². The lowest BCUT2D eigenvalue weighted by molar-refractivity contribution is 0.381. The number of halogens is 5. The standard InChI is InChI=1S/C61H34F5N3/c62-57-56(58(63)60(65)61(66)59(57)64)49-34-50(68-51-29-40(36-13-5-1-6-14-36)21-25-45(51)46-26-22-41(30-52(46)68)37-15-7-2-8-16-37)44(35-67)33-55(49)69-53-31-42(38-17-9-3-10-18-38)23-27-47(53)48-28-24-43(32-54(48)69)39-19-11-4-12-20-39/h1-34H. The first kappa shape index (κ1) is 41.4. The van der Waals surface area contributed by atoms with E-state index < -0.39 is 34.6 Å². The quantitative estimate of drug-likeness (QED) is 0.0891. The van der Waals surface area contributed by atoms with Crippen molar-refractivity contribution < 1.29 is 22.0 Å². The summed E-state index contributed by atoms with van der Waals surface area (Å²) < 4.78 is 83.5. The Morgan fingerprint density at radius 1 is 0.304 bits per heavy atom. The number of rotatable bonds is 7. The highest BCUT2D eigenvalue weighted by atomic mass is 19.2. The molecule has 3 nitrogen and oxygen atoms in total. The third-order valence-corrected chi connectivity index (χ3v) is 13.2. The topological polar surface area (TPSA) is 33.6 Å². The minimum Gasteiger partial charge on any atom is -0.309 e. The second-order valence-corrected chi connectivity index (χ2v) is 17.0. The number of nitrogens with zero attached hydrogens (tertiary/aromatic N) is 3. The smallest absolute Gasteiger partial charge is 0.200 e. The highest BCUT2D eigenvalue weighted by molar-refractivity contribution is 6.13. The van der Waals surface area contributed by atoms with E-state index in [1.165, 1.54) is 12.1 Å². The van der Waals surface area contributed by atoms with Crippen LogP contribution in [0.3, 0.4) is 0 Å². The molecule has 0 aliphatic rings. The molecule has 328 valence electrons. The molecule has 0 saturated heterocycles. The molecule has 0 amide bonds. The molecule has 0 fully saturated rings. The number of hydrogen-bond acceptors (Lipinski definition) is 1. The van der Waals surface area contributed by atoms with Gasteiger partial charge >= 0.3 is 0 Å². The Bertz CT molecular complexity index is 3840. The normalized spacial score (nSPS) is 11.5. The van der Waals surface area contributed by atoms with Gasteiger partial charge in [-0.15, -0.1) is 0 Å². The molecule has 0 saturated carbocycles. The van der Waals surface area contributed by atoms with Crippen molar-refractivity contribution >= 4 is 43.6 Å². The fraction of sp³-hybridized carbons (Fsp3) is 0. The van der Waals surface area contributed by atoms with Crippen LogP contribution in [-0.4, -0.2) is 9.13 Å². The number of nitriles is 1. The first-order chi connectivity index (χ1) is 33.8. The first-order valence-corrected chi connectivity index (χ1v) is 22.3. The zero-order valence-corrected chi connectivity index (χ0v) is 36.4. The Morgan fingerprint density at radius 2 is 0.609 bits per heavy atom. The zero-order chi connectivity index (χ0) is 46.9. The van der Waals surface area contributed by atoms with E-state index in [9.17, 15) is 9.65 Å². The summed E-state index contributed by atoms with van der Waals surface area (Å²) in [5.74, 6) is -10.4. The highest BCUT2D eigenvalue weighted by Gasteiger charge is 2.31. The van der Waals surface area contributed by atoms with Crippen molar-refractivity contribution in [3.63, 3.8) is 0 Å². The van der Waals surface area contributed by atoms with E-state index in [0.29, 0.717) is 22.1 Å². The van der Waals surface area contributed by atoms with Gasteiger partial charge < -0.3 is 9.13 Å². The van der Waals surface area contributed by atoms with Crippen molar-refractivity contribution in [1.29, 1.82) is 5.26 Å². The van der Waals surface area contributed by atoms with Crippen LogP contribution < -0.4 is 0 Å². The monoisotopic (exact) mass is 903 g/mol. The fourth-order valence-electron chi connectivity index (χ4n) is 9.87. The number of hydrogen-bond donors (Lipinski definition) is 0. The number of fused-ring (bicyclic) bond motifs is 6. The van der Waals surface area contributed by atoms with Gasteiger partial charge in [0.05, 0.1) is 44.6 Å². The molecular weight excluding hydrogens is 870 g/mol. The van der Waals surface area contributed by atoms with Crippen molar-refractivity contribution in [2.75, 3.05) is 0 Å². The number of aromatic nitrogens is 2. The predicted octanol–water partition coefficient (Wildman–Crippen LogP) is 16.8. The maximum Gasteiger partial charge on any atom is 0.200 e. The third-order valence-electron chi connectivity index (χ3n) is 13.2. The summed E-state index contributed by atoms with van der Waals surface area (Å²) in [5, 5.41) is 14.5. The van der Waals surface area contributed by atoms with Gasteiger partial charge in [-0.1, -0.05) is 170 Å². The average Bonchev–Trinajstić information content (AvgIpc) is 3.91. The Labute approximate surface area is 392 Å². The van der Waals surface area contributed by atoms with Crippen molar-refractivity contribution in [2.45, 2.75) is 0 Å². The SMILES string of the molecule is N#Cc1cc(-n2c3cc(-c4ccccc4)ccc3c3ccc(-c4ccccc4)cc32)c(-c2c(F)c(F)c(F)c(F)c2F)cc1-n1c2cc(-c3ccccc3)ccc2c2ccc(-c3ccccc3)cc21. The Balaban J connectivity index is 1.24. The molecule has 0 spiro atoms. The molecule has 10 aromatic carbocycles. The van der Waals surface area contributed by atoms with E-state index in [2.05, 4.69) is 6.07 Å². The molecule has 0 radical (unpaired) electrons. The molecule has 2 aromatic heterocycles. The summed E-state index contributed by atoms with van der Waals surface area (Å²) in [6, 6.07) is 67.9. The predicted molar refractivity (Wildman–Crippen MR) is 267 cm³/mol. The van der Waals surface area contributed by atoms with Crippen LogP contribution in [0.15, 0.2) is 206 Å². The molecule has 0 atom stereocenters. The van der Waals surface area contributed by atoms with E-state index in [1.807, 2.05) is 199 Å². The molecule has 0 aliphatic heterocycles. The molecule has 0 N–H and O–H groups in total. The van der Waals surface area contributed by atoms with Crippen molar-refractivity contribution in [3.05, 3.63) is 241 Å². The highest BCUT2D eigenvalue weighted by Crippen LogP contribution is 2.45. The zero-order valence-electron chi connectivity index (χ0n) is 36.4. The van der Waals surface area contributed by atoms with Crippen molar-refractivity contribution in [2.24, 2.45) is 0 Å². The minimum absolute atomic E-state index is 0.0321. The Hall–Kier alpha value is -9.06. The van der Waals surface area contributed by atoms with Crippen LogP contribution in [-0.2, 0) is 0 Å². The van der Waals surface area contributed by atoms with E-state index in [-0.39, 0.29) is 22.5 Å². The summed E-state index contributed by atoms with van der Waals surface area (Å²) in [7, 11) is 0. The minimum atomic E-state index is -2.27. The lowest BCUT2D eigenvalue weighted by Crippen LogP contribution is -2.09. The van der Waals surface area contributed by atoms with Crippen molar-refractivity contribution in [3.8, 4) is 73.1 Å². The average molecular weight is 904 g/mol. The lowest BCUT2D eigenvalue weighted by atomic mass is 9.97. The van der Waals surface area contributed by atoms with E-state index in [1.54, 1.807) is 4.57 Å². The largest absolute Gasteiger partial charge is 0.309 e. The molecular formula is C61H34F5N3. The molecule has 12 rings (SSSR count). The van der Waals surface area contributed by atoms with Crippen LogP contribution in [0.1, 0.15) is 5.56 Å². The van der Waals surface area contributed by atoms with Gasteiger partial charge in [0.25, 0.3) is 0 Å². The third kappa shape index (κ3) is 6.70. The molecule has 2 heterocycles. The van der Waals surface area contributed by atoms with Crippen LogP contribution in [0.5, 0.6) is 0 Å². The summed E-state index contributed by atoms with van der Waals surface area (Å²) in [5.41, 5.74) is 8.30. The second-order valence-electron chi connectivity index (χ2n) is 17.0. The van der Waals surface area contributed by atoms with Crippen LogP contribution in [0.2, 0.25) is 0 Å². The summed E-state index contributed by atoms with van der Waals surface area (Å²) in [6.45, 7) is 0. The second kappa shape index (κ2) is 16.4. The Morgan fingerprint density at radius 3 is 0.928 bits per heavy atom. The van der Waals surface area contributed by atoms with Gasteiger partial charge in [0.1, 0.15) is 6.07 Å². The number of benzene rings is 10.